The summed E-state index contributed by atoms with van der Waals surface area (Å²) in [5.41, 5.74) is 5.33. The third-order valence-electron chi connectivity index (χ3n) is 10.4. The Kier molecular flexibility index (Phi) is 10.9. The molecule has 4 aromatic rings. The Bertz CT molecular complexity index is 1650. The van der Waals surface area contributed by atoms with E-state index in [2.05, 4.69) is 33.7 Å². The molecule has 7 rings (SSSR count). The third-order valence-corrected chi connectivity index (χ3v) is 11.5. The van der Waals surface area contributed by atoms with Gasteiger partial charge in [0, 0.05) is 19.1 Å². The largest absolute Gasteiger partial charge is 0.489 e. The first-order chi connectivity index (χ1) is 22.5. The predicted octanol–water partition coefficient (Wildman–Crippen LogP) is 8.59. The van der Waals surface area contributed by atoms with Crippen molar-refractivity contribution < 1.29 is 19.4 Å². The van der Waals surface area contributed by atoms with Gasteiger partial charge in [-0.2, -0.15) is 0 Å². The topological polar surface area (TPSA) is 75.0 Å². The Hall–Kier alpha value is -3.33. The Labute approximate surface area is 287 Å². The molecule has 2 saturated heterocycles. The van der Waals surface area contributed by atoms with Gasteiger partial charge < -0.3 is 24.2 Å². The number of carbonyl (C=O) groups is 2. The number of aromatic carboxylic acids is 1. The number of nitrogens with zero attached hydrogens (tertiary/aromatic N) is 3. The molecular weight excluding hydrogens is 630 g/mol. The zero-order valence-corrected chi connectivity index (χ0v) is 28.7. The zero-order chi connectivity index (χ0) is 31.5. The maximum absolute atomic E-state index is 14.0. The van der Waals surface area contributed by atoms with Crippen molar-refractivity contribution in [2.75, 3.05) is 26.2 Å². The van der Waals surface area contributed by atoms with E-state index in [1.54, 1.807) is 6.07 Å². The maximum Gasteiger partial charge on any atom is 0.345 e. The Morgan fingerprint density at radius 2 is 1.51 bits per heavy atom. The van der Waals surface area contributed by atoms with Gasteiger partial charge in [-0.25, -0.2) is 4.79 Å². The second-order valence-electron chi connectivity index (χ2n) is 13.3. The molecule has 0 unspecified atom stereocenters. The smallest absolute Gasteiger partial charge is 0.345 e. The SMILES string of the molecule is Cl.O=C(O)c1cc2c(s1)c(C1CCCCC1)c(-c1ccc(OCc3ccccc3)cc1)n2CC(=O)N1CCC(N2CCCCC2)CC1. The molecule has 2 aromatic heterocycles. The number of rotatable bonds is 9. The number of carboxylic acid groups (broad SMARTS) is 1. The van der Waals surface area contributed by atoms with E-state index in [-0.39, 0.29) is 24.9 Å². The number of hydrogen-bond donors (Lipinski definition) is 1. The van der Waals surface area contributed by atoms with Crippen LogP contribution in [0.5, 0.6) is 5.75 Å². The monoisotopic (exact) mass is 675 g/mol. The van der Waals surface area contributed by atoms with Crippen molar-refractivity contribution in [2.45, 2.75) is 89.3 Å². The van der Waals surface area contributed by atoms with Crippen molar-refractivity contribution >= 4 is 45.8 Å². The van der Waals surface area contributed by atoms with Crippen molar-refractivity contribution in [3.8, 4) is 17.0 Å². The second-order valence-corrected chi connectivity index (χ2v) is 14.4. The number of fused-ring (bicyclic) bond motifs is 1. The number of hydrogen-bond acceptors (Lipinski definition) is 5. The van der Waals surface area contributed by atoms with Gasteiger partial charge in [0.15, 0.2) is 0 Å². The minimum absolute atomic E-state index is 0. The van der Waals surface area contributed by atoms with E-state index in [1.165, 1.54) is 68.5 Å². The number of piperidine rings is 2. The molecule has 4 heterocycles. The van der Waals surface area contributed by atoms with Crippen LogP contribution in [-0.2, 0) is 17.9 Å². The van der Waals surface area contributed by atoms with Gasteiger partial charge in [-0.3, -0.25) is 4.79 Å². The van der Waals surface area contributed by atoms with E-state index >= 15 is 0 Å². The van der Waals surface area contributed by atoms with Gasteiger partial charge in [-0.05, 0) is 105 Å². The minimum atomic E-state index is -0.907. The number of likely N-dealkylation sites (tertiary alicyclic amines) is 2. The highest BCUT2D eigenvalue weighted by atomic mass is 35.5. The molecule has 1 saturated carbocycles. The quantitative estimate of drug-likeness (QED) is 0.192. The number of ether oxygens (including phenoxy) is 1. The lowest BCUT2D eigenvalue weighted by Crippen LogP contribution is -2.48. The van der Waals surface area contributed by atoms with Crippen LogP contribution < -0.4 is 4.74 Å². The number of carbonyl (C=O) groups excluding carboxylic acids is 1. The minimum Gasteiger partial charge on any atom is -0.489 e. The Morgan fingerprint density at radius 3 is 2.19 bits per heavy atom. The van der Waals surface area contributed by atoms with Crippen molar-refractivity contribution in [1.82, 2.24) is 14.4 Å². The van der Waals surface area contributed by atoms with Crippen LogP contribution in [0.2, 0.25) is 0 Å². The summed E-state index contributed by atoms with van der Waals surface area (Å²) in [7, 11) is 0. The van der Waals surface area contributed by atoms with Crippen LogP contribution in [0.15, 0.2) is 60.7 Å². The molecule has 47 heavy (non-hydrogen) atoms. The lowest BCUT2D eigenvalue weighted by molar-refractivity contribution is -0.133. The van der Waals surface area contributed by atoms with Gasteiger partial charge in [0.25, 0.3) is 0 Å². The van der Waals surface area contributed by atoms with E-state index in [0.717, 1.165) is 71.6 Å². The average Bonchev–Trinajstić information content (AvgIpc) is 3.67. The first kappa shape index (κ1) is 33.6. The molecule has 1 N–H and O–H groups in total. The fourth-order valence-corrected chi connectivity index (χ4v) is 9.07. The van der Waals surface area contributed by atoms with Gasteiger partial charge in [0.1, 0.15) is 23.8 Å². The first-order valence-electron chi connectivity index (χ1n) is 17.2. The number of halogens is 1. The van der Waals surface area contributed by atoms with Crippen LogP contribution in [-0.4, -0.2) is 63.6 Å². The van der Waals surface area contributed by atoms with Crippen molar-refractivity contribution in [3.05, 3.63) is 76.7 Å². The molecule has 0 spiro atoms. The van der Waals surface area contributed by atoms with Crippen LogP contribution in [0.3, 0.4) is 0 Å². The first-order valence-corrected chi connectivity index (χ1v) is 18.0. The summed E-state index contributed by atoms with van der Waals surface area (Å²) in [5, 5.41) is 9.97. The highest BCUT2D eigenvalue weighted by Crippen LogP contribution is 2.47. The molecule has 3 fully saturated rings. The van der Waals surface area contributed by atoms with Crippen LogP contribution in [0.25, 0.3) is 21.5 Å². The third kappa shape index (κ3) is 7.40. The normalized spacial score (nSPS) is 18.3. The van der Waals surface area contributed by atoms with Crippen molar-refractivity contribution in [3.63, 3.8) is 0 Å². The summed E-state index contributed by atoms with van der Waals surface area (Å²) in [5.74, 6) is 0.357. The highest BCUT2D eigenvalue weighted by molar-refractivity contribution is 7.21. The number of amides is 1. The molecule has 2 aliphatic heterocycles. The molecule has 2 aromatic carbocycles. The van der Waals surface area contributed by atoms with Gasteiger partial charge >= 0.3 is 5.97 Å². The van der Waals surface area contributed by atoms with Crippen LogP contribution in [0.4, 0.5) is 0 Å². The summed E-state index contributed by atoms with van der Waals surface area (Å²) >= 11 is 1.37. The van der Waals surface area contributed by atoms with Gasteiger partial charge in [-0.15, -0.1) is 23.7 Å². The van der Waals surface area contributed by atoms with Crippen molar-refractivity contribution in [1.29, 1.82) is 0 Å². The predicted molar refractivity (Wildman–Crippen MR) is 191 cm³/mol. The Morgan fingerprint density at radius 1 is 0.830 bits per heavy atom. The number of benzene rings is 2. The summed E-state index contributed by atoms with van der Waals surface area (Å²) in [6, 6.07) is 20.8. The summed E-state index contributed by atoms with van der Waals surface area (Å²) in [6.07, 6.45) is 11.7. The van der Waals surface area contributed by atoms with E-state index in [4.69, 9.17) is 4.74 Å². The zero-order valence-electron chi connectivity index (χ0n) is 27.1. The van der Waals surface area contributed by atoms with E-state index in [1.807, 2.05) is 35.2 Å². The second kappa shape index (κ2) is 15.3. The maximum atomic E-state index is 14.0. The summed E-state index contributed by atoms with van der Waals surface area (Å²) < 4.78 is 9.28. The van der Waals surface area contributed by atoms with Gasteiger partial charge in [-0.1, -0.05) is 56.0 Å². The lowest BCUT2D eigenvalue weighted by atomic mass is 9.83. The molecule has 9 heteroatoms. The molecule has 0 radical (unpaired) electrons. The number of aromatic nitrogens is 1. The molecule has 1 aliphatic carbocycles. The standard InChI is InChI=1S/C38H45N3O4S.ClH/c42-34(40-22-18-30(19-23-40)39-20-8-3-9-21-39)25-41-32-24-33(38(43)44)46-37(32)35(28-12-6-2-7-13-28)36(41)29-14-16-31(17-15-29)45-26-27-10-4-1-5-11-27;/h1,4-5,10-11,14-17,24,28,30H,2-3,6-9,12-13,18-23,25-26H2,(H,43,44);1H. The molecule has 7 nitrogen and oxygen atoms in total. The van der Waals surface area contributed by atoms with Gasteiger partial charge in [0.2, 0.25) is 5.91 Å². The average molecular weight is 676 g/mol. The fraction of sp³-hybridized carbons (Fsp3) is 0.474. The Balaban J connectivity index is 0.00000386. The van der Waals surface area contributed by atoms with Gasteiger partial charge in [0.05, 0.1) is 15.9 Å². The molecule has 3 aliphatic rings. The van der Waals surface area contributed by atoms with Crippen LogP contribution in [0.1, 0.15) is 90.9 Å². The van der Waals surface area contributed by atoms with Crippen LogP contribution in [0, 0.1) is 0 Å². The van der Waals surface area contributed by atoms with E-state index < -0.39 is 5.97 Å². The molecular formula is C38H46ClN3O4S. The molecule has 1 amide bonds. The van der Waals surface area contributed by atoms with Crippen LogP contribution >= 0.6 is 23.7 Å². The number of carboxylic acids is 1. The fourth-order valence-electron chi connectivity index (χ4n) is 7.95. The summed E-state index contributed by atoms with van der Waals surface area (Å²) in [4.78, 5) is 31.2. The summed E-state index contributed by atoms with van der Waals surface area (Å²) in [6.45, 7) is 4.66. The number of thiophene rings is 1. The van der Waals surface area contributed by atoms with Crippen molar-refractivity contribution in [2.24, 2.45) is 0 Å². The highest BCUT2D eigenvalue weighted by Gasteiger charge is 2.32. The molecule has 0 bridgehead atoms. The molecule has 250 valence electrons. The van der Waals surface area contributed by atoms with E-state index in [0.29, 0.717) is 23.4 Å². The lowest BCUT2D eigenvalue weighted by Gasteiger charge is -2.40. The van der Waals surface area contributed by atoms with E-state index in [9.17, 15) is 14.7 Å². The molecule has 0 atom stereocenters.